The van der Waals surface area contributed by atoms with Crippen LogP contribution in [0.4, 0.5) is 8.78 Å². The van der Waals surface area contributed by atoms with Gasteiger partial charge in [-0.05, 0) is 48.9 Å². The monoisotopic (exact) mass is 281 g/mol. The summed E-state index contributed by atoms with van der Waals surface area (Å²) in [5, 5.41) is 3.39. The lowest BCUT2D eigenvalue weighted by Crippen LogP contribution is -2.39. The van der Waals surface area contributed by atoms with Crippen LogP contribution < -0.4 is 5.32 Å². The molecule has 1 aliphatic carbocycles. The predicted molar refractivity (Wildman–Crippen MR) is 78.5 cm³/mol. The lowest BCUT2D eigenvalue weighted by molar-refractivity contribution is 0.0973. The van der Waals surface area contributed by atoms with Gasteiger partial charge in [-0.3, -0.25) is 0 Å². The van der Waals surface area contributed by atoms with E-state index in [0.29, 0.717) is 11.5 Å². The van der Waals surface area contributed by atoms with E-state index < -0.39 is 0 Å². The highest BCUT2D eigenvalue weighted by molar-refractivity contribution is 5.24. The van der Waals surface area contributed by atoms with Gasteiger partial charge < -0.3 is 5.32 Å². The molecule has 1 nitrogen and oxygen atoms in total. The van der Waals surface area contributed by atoms with Gasteiger partial charge in [0.2, 0.25) is 0 Å². The molecule has 112 valence electrons. The van der Waals surface area contributed by atoms with Gasteiger partial charge >= 0.3 is 0 Å². The Hall–Kier alpha value is -0.960. The van der Waals surface area contributed by atoms with Gasteiger partial charge in [-0.1, -0.05) is 33.6 Å². The van der Waals surface area contributed by atoms with Crippen molar-refractivity contribution in [1.29, 1.82) is 0 Å². The zero-order valence-electron chi connectivity index (χ0n) is 12.7. The van der Waals surface area contributed by atoms with Crippen molar-refractivity contribution < 1.29 is 8.78 Å². The Morgan fingerprint density at radius 2 is 2.05 bits per heavy atom. The van der Waals surface area contributed by atoms with Crippen molar-refractivity contribution in [2.75, 3.05) is 6.54 Å². The third-order valence-electron chi connectivity index (χ3n) is 4.71. The molecule has 2 unspecified atom stereocenters. The SMILES string of the molecule is CCNC(c1cc(F)ccc1F)C1CCCCC1(C)C. The van der Waals surface area contributed by atoms with Crippen molar-refractivity contribution in [3.8, 4) is 0 Å². The molecule has 0 radical (unpaired) electrons. The van der Waals surface area contributed by atoms with E-state index in [0.717, 1.165) is 19.4 Å². The standard InChI is InChI=1S/C17H25F2N/c1-4-20-16(13-11-12(18)8-9-15(13)19)14-7-5-6-10-17(14,2)3/h8-9,11,14,16,20H,4-7,10H2,1-3H3. The molecule has 0 heterocycles. The fourth-order valence-corrected chi connectivity index (χ4v) is 3.58. The summed E-state index contributed by atoms with van der Waals surface area (Å²) in [7, 11) is 0. The summed E-state index contributed by atoms with van der Waals surface area (Å²) in [4.78, 5) is 0. The Morgan fingerprint density at radius 3 is 2.70 bits per heavy atom. The maximum absolute atomic E-state index is 14.1. The molecule has 1 aliphatic rings. The molecule has 1 N–H and O–H groups in total. The molecular weight excluding hydrogens is 256 g/mol. The molecule has 0 spiro atoms. The third kappa shape index (κ3) is 3.20. The van der Waals surface area contributed by atoms with Crippen molar-refractivity contribution in [3.05, 3.63) is 35.4 Å². The normalized spacial score (nSPS) is 23.6. The highest BCUT2D eigenvalue weighted by atomic mass is 19.1. The van der Waals surface area contributed by atoms with E-state index in [4.69, 9.17) is 0 Å². The molecule has 1 fully saturated rings. The second-order valence-electron chi connectivity index (χ2n) is 6.54. The van der Waals surface area contributed by atoms with E-state index in [1.165, 1.54) is 31.0 Å². The van der Waals surface area contributed by atoms with Gasteiger partial charge in [0.25, 0.3) is 0 Å². The Kier molecular flexibility index (Phi) is 4.79. The first-order chi connectivity index (χ1) is 9.45. The minimum Gasteiger partial charge on any atom is -0.310 e. The molecule has 20 heavy (non-hydrogen) atoms. The molecule has 0 aromatic heterocycles. The summed E-state index contributed by atoms with van der Waals surface area (Å²) in [5.74, 6) is -0.329. The molecule has 1 saturated carbocycles. The first-order valence-corrected chi connectivity index (χ1v) is 7.64. The number of hydrogen-bond acceptors (Lipinski definition) is 1. The number of benzene rings is 1. The summed E-state index contributed by atoms with van der Waals surface area (Å²) in [6, 6.07) is 3.68. The number of hydrogen-bond donors (Lipinski definition) is 1. The van der Waals surface area contributed by atoms with Gasteiger partial charge in [-0.15, -0.1) is 0 Å². The maximum atomic E-state index is 14.1. The first-order valence-electron chi connectivity index (χ1n) is 7.64. The van der Waals surface area contributed by atoms with Gasteiger partial charge in [-0.25, -0.2) is 8.78 Å². The minimum absolute atomic E-state index is 0.106. The molecule has 0 amide bonds. The summed E-state index contributed by atoms with van der Waals surface area (Å²) >= 11 is 0. The van der Waals surface area contributed by atoms with Crippen LogP contribution in [0.25, 0.3) is 0 Å². The second kappa shape index (κ2) is 6.21. The van der Waals surface area contributed by atoms with Gasteiger partial charge in [0.05, 0.1) is 0 Å². The molecule has 2 atom stereocenters. The molecule has 0 bridgehead atoms. The highest BCUT2D eigenvalue weighted by Gasteiger charge is 2.38. The molecule has 1 aromatic carbocycles. The van der Waals surface area contributed by atoms with Crippen LogP contribution >= 0.6 is 0 Å². The molecule has 3 heteroatoms. The summed E-state index contributed by atoms with van der Waals surface area (Å²) in [6.07, 6.45) is 4.62. The Labute approximate surface area is 120 Å². The topological polar surface area (TPSA) is 12.0 Å². The van der Waals surface area contributed by atoms with Crippen LogP contribution in [0, 0.1) is 23.0 Å². The molecule has 0 aliphatic heterocycles. The van der Waals surface area contributed by atoms with Crippen molar-refractivity contribution >= 4 is 0 Å². The maximum Gasteiger partial charge on any atom is 0.128 e. The van der Waals surface area contributed by atoms with Crippen molar-refractivity contribution in [1.82, 2.24) is 5.32 Å². The van der Waals surface area contributed by atoms with Crippen LogP contribution in [-0.2, 0) is 0 Å². The summed E-state index contributed by atoms with van der Waals surface area (Å²) in [6.45, 7) is 7.27. The molecule has 0 saturated heterocycles. The Morgan fingerprint density at radius 1 is 1.30 bits per heavy atom. The molecule has 1 aromatic rings. The van der Waals surface area contributed by atoms with E-state index in [2.05, 4.69) is 19.2 Å². The van der Waals surface area contributed by atoms with Gasteiger partial charge in [-0.2, -0.15) is 0 Å². The molecule has 2 rings (SSSR count). The Balaban J connectivity index is 2.37. The van der Waals surface area contributed by atoms with Crippen LogP contribution in [0.1, 0.15) is 58.1 Å². The smallest absolute Gasteiger partial charge is 0.128 e. The van der Waals surface area contributed by atoms with E-state index in [9.17, 15) is 8.78 Å². The van der Waals surface area contributed by atoms with Crippen LogP contribution in [0.15, 0.2) is 18.2 Å². The quantitative estimate of drug-likeness (QED) is 0.833. The van der Waals surface area contributed by atoms with E-state index >= 15 is 0 Å². The highest BCUT2D eigenvalue weighted by Crippen LogP contribution is 2.47. The first kappa shape index (κ1) is 15.4. The lowest BCUT2D eigenvalue weighted by atomic mass is 9.64. The van der Waals surface area contributed by atoms with Crippen LogP contribution in [-0.4, -0.2) is 6.54 Å². The minimum atomic E-state index is -0.363. The zero-order valence-corrected chi connectivity index (χ0v) is 12.7. The zero-order chi connectivity index (χ0) is 14.8. The molecular formula is C17H25F2N. The average molecular weight is 281 g/mol. The predicted octanol–water partition coefficient (Wildman–Crippen LogP) is 4.83. The van der Waals surface area contributed by atoms with E-state index in [-0.39, 0.29) is 23.1 Å². The lowest BCUT2D eigenvalue weighted by Gasteiger charge is -2.43. The van der Waals surface area contributed by atoms with Gasteiger partial charge in [0.15, 0.2) is 0 Å². The van der Waals surface area contributed by atoms with E-state index in [1.54, 1.807) is 0 Å². The van der Waals surface area contributed by atoms with Gasteiger partial charge in [0, 0.05) is 11.6 Å². The number of nitrogens with one attached hydrogen (secondary N) is 1. The Bertz CT molecular complexity index is 456. The van der Waals surface area contributed by atoms with Crippen LogP contribution in [0.5, 0.6) is 0 Å². The van der Waals surface area contributed by atoms with Gasteiger partial charge in [0.1, 0.15) is 11.6 Å². The van der Waals surface area contributed by atoms with Crippen molar-refractivity contribution in [2.45, 2.75) is 52.5 Å². The van der Waals surface area contributed by atoms with E-state index in [1.807, 2.05) is 6.92 Å². The van der Waals surface area contributed by atoms with Crippen molar-refractivity contribution in [2.24, 2.45) is 11.3 Å². The average Bonchev–Trinajstić information content (AvgIpc) is 2.39. The number of halogens is 2. The second-order valence-corrected chi connectivity index (χ2v) is 6.54. The fourth-order valence-electron chi connectivity index (χ4n) is 3.58. The summed E-state index contributed by atoms with van der Waals surface area (Å²) < 4.78 is 27.7. The third-order valence-corrected chi connectivity index (χ3v) is 4.71. The number of rotatable bonds is 4. The summed E-state index contributed by atoms with van der Waals surface area (Å²) in [5.41, 5.74) is 0.635. The fraction of sp³-hybridized carbons (Fsp3) is 0.647. The van der Waals surface area contributed by atoms with Crippen LogP contribution in [0.2, 0.25) is 0 Å². The van der Waals surface area contributed by atoms with Crippen molar-refractivity contribution in [3.63, 3.8) is 0 Å². The largest absolute Gasteiger partial charge is 0.310 e. The van der Waals surface area contributed by atoms with Crippen LogP contribution in [0.3, 0.4) is 0 Å².